The Morgan fingerprint density at radius 3 is 2.57 bits per heavy atom. The van der Waals surface area contributed by atoms with E-state index in [0.717, 1.165) is 22.0 Å². The summed E-state index contributed by atoms with van der Waals surface area (Å²) in [6, 6.07) is 5.05. The smallest absolute Gasteiger partial charge is 0.252 e. The van der Waals surface area contributed by atoms with Gasteiger partial charge in [-0.2, -0.15) is 0 Å². The van der Waals surface area contributed by atoms with Crippen LogP contribution in [-0.4, -0.2) is 10.1 Å². The van der Waals surface area contributed by atoms with E-state index in [1.165, 1.54) is 6.07 Å². The quantitative estimate of drug-likeness (QED) is 0.664. The minimum absolute atomic E-state index is 0.0463. The first-order valence-corrected chi connectivity index (χ1v) is 4.42. The molecule has 0 unspecified atom stereocenters. The third kappa shape index (κ3) is 1.18. The summed E-state index contributed by atoms with van der Waals surface area (Å²) in [4.78, 5) is 13.9. The fourth-order valence-electron chi connectivity index (χ4n) is 1.66. The zero-order chi connectivity index (χ0) is 10.3. The largest absolute Gasteiger partial charge is 0.507 e. The summed E-state index contributed by atoms with van der Waals surface area (Å²) in [5, 5.41) is 10.4. The lowest BCUT2D eigenvalue weighted by atomic mass is 10.1. The number of rotatable bonds is 0. The van der Waals surface area contributed by atoms with Crippen LogP contribution in [0.4, 0.5) is 0 Å². The molecule has 0 radical (unpaired) electrons. The minimum Gasteiger partial charge on any atom is -0.507 e. The van der Waals surface area contributed by atoms with Crippen molar-refractivity contribution in [3.8, 4) is 5.75 Å². The number of hydrogen-bond acceptors (Lipinski definition) is 2. The number of aromatic hydroxyl groups is 1. The number of aryl methyl sites for hydroxylation is 2. The van der Waals surface area contributed by atoms with Crippen molar-refractivity contribution in [3.63, 3.8) is 0 Å². The molecule has 2 rings (SSSR count). The van der Waals surface area contributed by atoms with Gasteiger partial charge in [0.1, 0.15) is 5.75 Å². The van der Waals surface area contributed by atoms with E-state index in [0.29, 0.717) is 0 Å². The van der Waals surface area contributed by atoms with Crippen LogP contribution in [0, 0.1) is 13.8 Å². The van der Waals surface area contributed by atoms with E-state index in [9.17, 15) is 9.90 Å². The SMILES string of the molecule is Cc1ccc(C)c2c(O)cc(=O)[nH]c12. The summed E-state index contributed by atoms with van der Waals surface area (Å²) in [7, 11) is 0. The van der Waals surface area contributed by atoms with Crippen LogP contribution >= 0.6 is 0 Å². The van der Waals surface area contributed by atoms with Gasteiger partial charge in [-0.05, 0) is 25.0 Å². The summed E-state index contributed by atoms with van der Waals surface area (Å²) < 4.78 is 0. The van der Waals surface area contributed by atoms with Gasteiger partial charge in [0.2, 0.25) is 0 Å². The molecule has 0 saturated carbocycles. The Kier molecular flexibility index (Phi) is 1.81. The van der Waals surface area contributed by atoms with E-state index in [-0.39, 0.29) is 11.3 Å². The molecule has 0 saturated heterocycles. The molecule has 1 aromatic carbocycles. The normalized spacial score (nSPS) is 10.7. The minimum atomic E-state index is -0.274. The molecule has 3 nitrogen and oxygen atoms in total. The molecular weight excluding hydrogens is 178 g/mol. The van der Waals surface area contributed by atoms with Crippen molar-refractivity contribution in [1.29, 1.82) is 0 Å². The Balaban J connectivity index is 3.07. The van der Waals surface area contributed by atoms with E-state index in [1.54, 1.807) is 0 Å². The predicted molar refractivity (Wildman–Crippen MR) is 55.7 cm³/mol. The lowest BCUT2D eigenvalue weighted by molar-refractivity contribution is 0.480. The lowest BCUT2D eigenvalue weighted by Crippen LogP contribution is -2.04. The van der Waals surface area contributed by atoms with E-state index in [2.05, 4.69) is 4.98 Å². The number of pyridine rings is 1. The van der Waals surface area contributed by atoms with Gasteiger partial charge in [-0.1, -0.05) is 12.1 Å². The predicted octanol–water partition coefficient (Wildman–Crippen LogP) is 1.85. The second kappa shape index (κ2) is 2.87. The van der Waals surface area contributed by atoms with Gasteiger partial charge in [-0.15, -0.1) is 0 Å². The summed E-state index contributed by atoms with van der Waals surface area (Å²) >= 11 is 0. The number of nitrogens with one attached hydrogen (secondary N) is 1. The molecule has 2 N–H and O–H groups in total. The van der Waals surface area contributed by atoms with E-state index >= 15 is 0 Å². The van der Waals surface area contributed by atoms with Gasteiger partial charge in [0.05, 0.1) is 5.52 Å². The molecule has 1 aromatic heterocycles. The van der Waals surface area contributed by atoms with Gasteiger partial charge in [-0.3, -0.25) is 4.79 Å². The number of aromatic amines is 1. The van der Waals surface area contributed by atoms with Crippen LogP contribution in [0.1, 0.15) is 11.1 Å². The van der Waals surface area contributed by atoms with Crippen LogP contribution in [0.25, 0.3) is 10.9 Å². The molecule has 3 heteroatoms. The molecule has 0 aliphatic rings. The molecule has 14 heavy (non-hydrogen) atoms. The summed E-state index contributed by atoms with van der Waals surface area (Å²) in [6.45, 7) is 3.80. The molecule has 1 heterocycles. The summed E-state index contributed by atoms with van der Waals surface area (Å²) in [5.74, 6) is 0.0463. The maximum absolute atomic E-state index is 11.2. The topological polar surface area (TPSA) is 53.1 Å². The van der Waals surface area contributed by atoms with Gasteiger partial charge >= 0.3 is 0 Å². The monoisotopic (exact) mass is 189 g/mol. The Bertz CT molecular complexity index is 555. The first kappa shape index (κ1) is 8.81. The van der Waals surface area contributed by atoms with Gasteiger partial charge in [-0.25, -0.2) is 0 Å². The Labute approximate surface area is 81.0 Å². The van der Waals surface area contributed by atoms with E-state index < -0.39 is 0 Å². The Morgan fingerprint density at radius 2 is 1.86 bits per heavy atom. The van der Waals surface area contributed by atoms with Crippen molar-refractivity contribution >= 4 is 10.9 Å². The third-order valence-electron chi connectivity index (χ3n) is 2.39. The van der Waals surface area contributed by atoms with Crippen molar-refractivity contribution in [2.75, 3.05) is 0 Å². The highest BCUT2D eigenvalue weighted by molar-refractivity contribution is 5.89. The molecule has 0 atom stereocenters. The van der Waals surface area contributed by atoms with Gasteiger partial charge < -0.3 is 10.1 Å². The fourth-order valence-corrected chi connectivity index (χ4v) is 1.66. The van der Waals surface area contributed by atoms with E-state index in [4.69, 9.17) is 0 Å². The standard InChI is InChI=1S/C11H11NO2/c1-6-3-4-7(2)11-10(6)8(13)5-9(14)12-11/h3-5H,1-2H3,(H2,12,13,14). The van der Waals surface area contributed by atoms with Crippen molar-refractivity contribution < 1.29 is 5.11 Å². The zero-order valence-electron chi connectivity index (χ0n) is 8.09. The highest BCUT2D eigenvalue weighted by atomic mass is 16.3. The number of aromatic nitrogens is 1. The van der Waals surface area contributed by atoms with Crippen molar-refractivity contribution in [3.05, 3.63) is 39.7 Å². The molecule has 2 aromatic rings. The molecular formula is C11H11NO2. The fraction of sp³-hybridized carbons (Fsp3) is 0.182. The number of benzene rings is 1. The van der Waals surface area contributed by atoms with Crippen LogP contribution in [0.5, 0.6) is 5.75 Å². The van der Waals surface area contributed by atoms with Crippen molar-refractivity contribution in [2.45, 2.75) is 13.8 Å². The molecule has 0 aliphatic carbocycles. The second-order valence-corrected chi connectivity index (χ2v) is 3.47. The maximum Gasteiger partial charge on any atom is 0.252 e. The highest BCUT2D eigenvalue weighted by Crippen LogP contribution is 2.26. The maximum atomic E-state index is 11.2. The molecule has 0 bridgehead atoms. The third-order valence-corrected chi connectivity index (χ3v) is 2.39. The average Bonchev–Trinajstić information content (AvgIpc) is 2.10. The molecule has 0 amide bonds. The van der Waals surface area contributed by atoms with Gasteiger partial charge in [0, 0.05) is 11.5 Å². The van der Waals surface area contributed by atoms with Crippen molar-refractivity contribution in [1.82, 2.24) is 4.98 Å². The molecule has 0 spiro atoms. The molecule has 0 fully saturated rings. The van der Waals surface area contributed by atoms with E-state index in [1.807, 2.05) is 26.0 Å². The van der Waals surface area contributed by atoms with Crippen LogP contribution in [0.15, 0.2) is 23.0 Å². The highest BCUT2D eigenvalue weighted by Gasteiger charge is 2.06. The van der Waals surface area contributed by atoms with Gasteiger partial charge in [0.15, 0.2) is 0 Å². The molecule has 72 valence electrons. The van der Waals surface area contributed by atoms with Gasteiger partial charge in [0.25, 0.3) is 5.56 Å². The van der Waals surface area contributed by atoms with Crippen LogP contribution in [-0.2, 0) is 0 Å². The number of hydrogen-bond donors (Lipinski definition) is 2. The first-order valence-electron chi connectivity index (χ1n) is 4.42. The van der Waals surface area contributed by atoms with Crippen LogP contribution in [0.2, 0.25) is 0 Å². The average molecular weight is 189 g/mol. The molecule has 0 aliphatic heterocycles. The van der Waals surface area contributed by atoms with Crippen LogP contribution in [0.3, 0.4) is 0 Å². The lowest BCUT2D eigenvalue weighted by Gasteiger charge is -2.06. The summed E-state index contributed by atoms with van der Waals surface area (Å²) in [6.07, 6.45) is 0. The number of H-pyrrole nitrogens is 1. The second-order valence-electron chi connectivity index (χ2n) is 3.47. The Hall–Kier alpha value is -1.77. The first-order chi connectivity index (χ1) is 6.59. The zero-order valence-corrected chi connectivity index (χ0v) is 8.09. The van der Waals surface area contributed by atoms with Crippen LogP contribution < -0.4 is 5.56 Å². The summed E-state index contributed by atoms with van der Waals surface area (Å²) in [5.41, 5.74) is 2.36. The number of fused-ring (bicyclic) bond motifs is 1. The Morgan fingerprint density at radius 1 is 1.21 bits per heavy atom. The van der Waals surface area contributed by atoms with Crippen molar-refractivity contribution in [2.24, 2.45) is 0 Å².